The lowest BCUT2D eigenvalue weighted by Gasteiger charge is -2.24. The van der Waals surface area contributed by atoms with Gasteiger partial charge in [0.25, 0.3) is 0 Å². The highest BCUT2D eigenvalue weighted by atomic mass is 14.2. The Bertz CT molecular complexity index is 2080. The molecule has 1 atom stereocenters. The number of benzene rings is 7. The van der Waals surface area contributed by atoms with Crippen LogP contribution in [0.15, 0.2) is 152 Å². The summed E-state index contributed by atoms with van der Waals surface area (Å²) in [5.74, 6) is 0.319. The summed E-state index contributed by atoms with van der Waals surface area (Å²) < 4.78 is 0. The van der Waals surface area contributed by atoms with Gasteiger partial charge in [-0.2, -0.15) is 0 Å². The zero-order valence-corrected chi connectivity index (χ0v) is 22.2. The second-order valence-corrected chi connectivity index (χ2v) is 10.8. The maximum absolute atomic E-state index is 2.44. The Balaban J connectivity index is 1.30. The molecule has 0 saturated carbocycles. The quantitative estimate of drug-likeness (QED) is 0.208. The van der Waals surface area contributed by atoms with Crippen LogP contribution < -0.4 is 0 Å². The molecule has 0 spiro atoms. The minimum atomic E-state index is 0.319. The highest BCUT2D eigenvalue weighted by Crippen LogP contribution is 2.45. The summed E-state index contributed by atoms with van der Waals surface area (Å²) in [6.45, 7) is 0. The fraction of sp³-hybridized carbons (Fsp3) is 0.0500. The number of fused-ring (bicyclic) bond motifs is 4. The molecule has 1 aliphatic rings. The van der Waals surface area contributed by atoms with Crippen molar-refractivity contribution in [3.8, 4) is 11.1 Å². The molecular formula is C40H28. The molecule has 0 bridgehead atoms. The van der Waals surface area contributed by atoms with Crippen LogP contribution in [0.4, 0.5) is 0 Å². The van der Waals surface area contributed by atoms with E-state index < -0.39 is 0 Å². The molecule has 0 aromatic heterocycles. The molecule has 0 fully saturated rings. The Morgan fingerprint density at radius 3 is 1.77 bits per heavy atom. The zero-order valence-electron chi connectivity index (χ0n) is 22.2. The second-order valence-electron chi connectivity index (χ2n) is 10.8. The highest BCUT2D eigenvalue weighted by Gasteiger charge is 2.21. The van der Waals surface area contributed by atoms with Gasteiger partial charge in [-0.05, 0) is 83.4 Å². The first-order valence-electron chi connectivity index (χ1n) is 14.1. The Kier molecular flexibility index (Phi) is 5.38. The second kappa shape index (κ2) is 9.36. The largest absolute Gasteiger partial charge is 0.0760 e. The predicted octanol–water partition coefficient (Wildman–Crippen LogP) is 11.1. The molecule has 0 heteroatoms. The minimum absolute atomic E-state index is 0.319. The first-order chi connectivity index (χ1) is 19.8. The summed E-state index contributed by atoms with van der Waals surface area (Å²) >= 11 is 0. The summed E-state index contributed by atoms with van der Waals surface area (Å²) in [5.41, 5.74) is 6.66. The third kappa shape index (κ3) is 3.68. The molecule has 7 aromatic carbocycles. The Morgan fingerprint density at radius 1 is 0.475 bits per heavy atom. The van der Waals surface area contributed by atoms with Crippen LogP contribution in [-0.4, -0.2) is 0 Å². The Hall–Kier alpha value is -4.94. The summed E-state index contributed by atoms with van der Waals surface area (Å²) in [5, 5.41) is 10.5. The highest BCUT2D eigenvalue weighted by molar-refractivity contribution is 6.16. The van der Waals surface area contributed by atoms with E-state index in [1.807, 2.05) is 0 Å². The van der Waals surface area contributed by atoms with E-state index in [-0.39, 0.29) is 0 Å². The van der Waals surface area contributed by atoms with Crippen LogP contribution in [0, 0.1) is 0 Å². The van der Waals surface area contributed by atoms with E-state index in [0.717, 1.165) is 6.42 Å². The average molecular weight is 509 g/mol. The summed E-state index contributed by atoms with van der Waals surface area (Å²) in [6, 6.07) is 48.8. The van der Waals surface area contributed by atoms with Gasteiger partial charge in [0.2, 0.25) is 0 Å². The number of hydrogen-bond acceptors (Lipinski definition) is 0. The van der Waals surface area contributed by atoms with Gasteiger partial charge in [0.15, 0.2) is 0 Å². The lowest BCUT2D eigenvalue weighted by atomic mass is 9.80. The molecule has 1 unspecified atom stereocenters. The van der Waals surface area contributed by atoms with Crippen molar-refractivity contribution in [1.29, 1.82) is 0 Å². The van der Waals surface area contributed by atoms with E-state index in [9.17, 15) is 0 Å². The first-order valence-corrected chi connectivity index (χ1v) is 14.1. The van der Waals surface area contributed by atoms with Crippen molar-refractivity contribution >= 4 is 48.7 Å². The van der Waals surface area contributed by atoms with Crippen molar-refractivity contribution in [2.75, 3.05) is 0 Å². The van der Waals surface area contributed by atoms with Crippen LogP contribution >= 0.6 is 0 Å². The van der Waals surface area contributed by atoms with Gasteiger partial charge in [-0.1, -0.05) is 146 Å². The standard InChI is InChI=1S/C40H28/c1-2-12-31-26-32(25-20-27(31)10-1)40-37-17-7-5-15-35(37)39(36-16-6-8-18-38(36)40)30-23-21-29(22-24-30)34-19-9-13-28-11-3-4-14-33(28)34/h1-23,25-26,30H,24H2. The van der Waals surface area contributed by atoms with Crippen molar-refractivity contribution in [3.63, 3.8) is 0 Å². The predicted molar refractivity (Wildman–Crippen MR) is 173 cm³/mol. The van der Waals surface area contributed by atoms with E-state index in [4.69, 9.17) is 0 Å². The average Bonchev–Trinajstić information content (AvgIpc) is 3.03. The summed E-state index contributed by atoms with van der Waals surface area (Å²) in [6.07, 6.45) is 8.20. The molecule has 0 radical (unpaired) electrons. The smallest absolute Gasteiger partial charge is 0.00684 e. The molecule has 40 heavy (non-hydrogen) atoms. The van der Waals surface area contributed by atoms with Crippen LogP contribution in [0.5, 0.6) is 0 Å². The molecule has 188 valence electrons. The Morgan fingerprint density at radius 2 is 1.07 bits per heavy atom. The number of rotatable bonds is 3. The topological polar surface area (TPSA) is 0 Å². The van der Waals surface area contributed by atoms with Crippen molar-refractivity contribution in [1.82, 2.24) is 0 Å². The van der Waals surface area contributed by atoms with Crippen LogP contribution in [0.25, 0.3) is 59.8 Å². The third-order valence-electron chi connectivity index (χ3n) is 8.58. The van der Waals surface area contributed by atoms with Crippen molar-refractivity contribution in [2.24, 2.45) is 0 Å². The molecule has 0 amide bonds. The maximum atomic E-state index is 2.44. The lowest BCUT2D eigenvalue weighted by molar-refractivity contribution is 0.873. The van der Waals surface area contributed by atoms with Gasteiger partial charge < -0.3 is 0 Å². The van der Waals surface area contributed by atoms with Gasteiger partial charge in [0.1, 0.15) is 0 Å². The van der Waals surface area contributed by atoms with Gasteiger partial charge >= 0.3 is 0 Å². The molecule has 1 aliphatic carbocycles. The van der Waals surface area contributed by atoms with E-state index >= 15 is 0 Å². The van der Waals surface area contributed by atoms with Crippen molar-refractivity contribution in [2.45, 2.75) is 12.3 Å². The number of allylic oxidation sites excluding steroid dienone is 4. The molecular weight excluding hydrogens is 480 g/mol. The van der Waals surface area contributed by atoms with E-state index in [1.165, 1.54) is 70.9 Å². The maximum Gasteiger partial charge on any atom is 0.00684 e. The van der Waals surface area contributed by atoms with Gasteiger partial charge in [0.05, 0.1) is 0 Å². The van der Waals surface area contributed by atoms with Crippen LogP contribution in [0.1, 0.15) is 23.5 Å². The van der Waals surface area contributed by atoms with E-state index in [0.29, 0.717) is 5.92 Å². The van der Waals surface area contributed by atoms with E-state index in [1.54, 1.807) is 0 Å². The molecule has 0 nitrogen and oxygen atoms in total. The first kappa shape index (κ1) is 23.0. The molecule has 0 aliphatic heterocycles. The minimum Gasteiger partial charge on any atom is -0.0760 e. The van der Waals surface area contributed by atoms with Crippen molar-refractivity contribution in [3.05, 3.63) is 163 Å². The van der Waals surface area contributed by atoms with Crippen LogP contribution in [0.2, 0.25) is 0 Å². The SMILES string of the molecule is C1=CC(c2c3ccccc3c(-c3ccc4ccccc4c3)c3ccccc23)CC=C1c1cccc2ccccc12. The monoisotopic (exact) mass is 508 g/mol. The molecule has 0 N–H and O–H groups in total. The van der Waals surface area contributed by atoms with Gasteiger partial charge in [-0.3, -0.25) is 0 Å². The molecule has 7 aromatic rings. The fourth-order valence-electron chi connectivity index (χ4n) is 6.73. The van der Waals surface area contributed by atoms with Crippen LogP contribution in [0.3, 0.4) is 0 Å². The molecule has 0 heterocycles. The van der Waals surface area contributed by atoms with Gasteiger partial charge in [0, 0.05) is 5.92 Å². The number of hydrogen-bond donors (Lipinski definition) is 0. The third-order valence-corrected chi connectivity index (χ3v) is 8.58. The van der Waals surface area contributed by atoms with Crippen LogP contribution in [-0.2, 0) is 0 Å². The molecule has 8 rings (SSSR count). The zero-order chi connectivity index (χ0) is 26.5. The molecule has 0 saturated heterocycles. The Labute approximate surface area is 234 Å². The fourth-order valence-corrected chi connectivity index (χ4v) is 6.73. The van der Waals surface area contributed by atoms with E-state index in [2.05, 4.69) is 152 Å². The van der Waals surface area contributed by atoms with Crippen molar-refractivity contribution < 1.29 is 0 Å². The normalized spacial score (nSPS) is 15.2. The van der Waals surface area contributed by atoms with Gasteiger partial charge in [-0.25, -0.2) is 0 Å². The van der Waals surface area contributed by atoms with Gasteiger partial charge in [-0.15, -0.1) is 0 Å². The summed E-state index contributed by atoms with van der Waals surface area (Å²) in [4.78, 5) is 0. The summed E-state index contributed by atoms with van der Waals surface area (Å²) in [7, 11) is 0. The lowest BCUT2D eigenvalue weighted by Crippen LogP contribution is -2.02.